The number of hydrogen-bond acceptors (Lipinski definition) is 3. The Labute approximate surface area is 174 Å². The third-order valence-corrected chi connectivity index (χ3v) is 5.26. The Balaban J connectivity index is 1.61. The van der Waals surface area contributed by atoms with Gasteiger partial charge in [-0.3, -0.25) is 4.79 Å². The van der Waals surface area contributed by atoms with E-state index in [4.69, 9.17) is 28.9 Å². The van der Waals surface area contributed by atoms with E-state index in [0.717, 1.165) is 24.3 Å². The maximum atomic E-state index is 12.8. The third-order valence-electron chi connectivity index (χ3n) is 4.77. The van der Waals surface area contributed by atoms with Crippen LogP contribution in [0.2, 0.25) is 10.0 Å². The first-order valence-electron chi connectivity index (χ1n) is 9.02. The van der Waals surface area contributed by atoms with Gasteiger partial charge in [0.15, 0.2) is 0 Å². The van der Waals surface area contributed by atoms with Crippen LogP contribution in [0.4, 0.5) is 10.5 Å². The first-order valence-corrected chi connectivity index (χ1v) is 9.77. The van der Waals surface area contributed by atoms with Crippen molar-refractivity contribution in [3.05, 3.63) is 64.1 Å². The number of rotatable bonds is 5. The van der Waals surface area contributed by atoms with Crippen molar-refractivity contribution >= 4 is 40.8 Å². The van der Waals surface area contributed by atoms with Gasteiger partial charge >= 0.3 is 6.03 Å². The fourth-order valence-corrected chi connectivity index (χ4v) is 3.62. The minimum atomic E-state index is -0.668. The van der Waals surface area contributed by atoms with E-state index in [0.29, 0.717) is 23.1 Å². The molecule has 3 rings (SSSR count). The summed E-state index contributed by atoms with van der Waals surface area (Å²) in [7, 11) is 0. The van der Waals surface area contributed by atoms with Crippen LogP contribution in [-0.4, -0.2) is 43.0 Å². The van der Waals surface area contributed by atoms with E-state index >= 15 is 0 Å². The van der Waals surface area contributed by atoms with E-state index in [2.05, 4.69) is 10.2 Å². The molecule has 0 bridgehead atoms. The Morgan fingerprint density at radius 3 is 2.29 bits per heavy atom. The van der Waals surface area contributed by atoms with Crippen molar-refractivity contribution in [2.75, 3.05) is 31.1 Å². The van der Waals surface area contributed by atoms with E-state index < -0.39 is 12.1 Å². The number of carbonyl (C=O) groups is 2. The highest BCUT2D eigenvalue weighted by atomic mass is 35.5. The van der Waals surface area contributed by atoms with E-state index in [9.17, 15) is 9.59 Å². The van der Waals surface area contributed by atoms with Crippen molar-refractivity contribution < 1.29 is 9.59 Å². The summed E-state index contributed by atoms with van der Waals surface area (Å²) in [6.07, 6.45) is 0.141. The predicted octanol–water partition coefficient (Wildman–Crippen LogP) is 3.44. The zero-order valence-corrected chi connectivity index (χ0v) is 16.8. The van der Waals surface area contributed by atoms with Crippen LogP contribution in [0.25, 0.3) is 0 Å². The molecule has 0 radical (unpaired) electrons. The molecule has 1 heterocycles. The van der Waals surface area contributed by atoms with Crippen LogP contribution < -0.4 is 16.0 Å². The molecule has 0 unspecified atom stereocenters. The van der Waals surface area contributed by atoms with Gasteiger partial charge in [0.05, 0.1) is 12.5 Å². The molecule has 3 N–H and O–H groups in total. The Hall–Kier alpha value is -2.44. The molecule has 28 heavy (non-hydrogen) atoms. The van der Waals surface area contributed by atoms with Gasteiger partial charge in [0.25, 0.3) is 0 Å². The van der Waals surface area contributed by atoms with Gasteiger partial charge in [0.2, 0.25) is 5.91 Å². The van der Waals surface area contributed by atoms with Crippen LogP contribution in [0.3, 0.4) is 0 Å². The van der Waals surface area contributed by atoms with Gasteiger partial charge < -0.3 is 20.9 Å². The van der Waals surface area contributed by atoms with Crippen LogP contribution in [0.15, 0.2) is 48.5 Å². The second kappa shape index (κ2) is 9.17. The maximum absolute atomic E-state index is 12.8. The molecule has 1 saturated heterocycles. The molecule has 1 atom stereocenters. The number of nitrogens with two attached hydrogens (primary N) is 1. The monoisotopic (exact) mass is 420 g/mol. The molecule has 3 amide bonds. The molecule has 8 heteroatoms. The van der Waals surface area contributed by atoms with Gasteiger partial charge in [-0.1, -0.05) is 41.4 Å². The highest BCUT2D eigenvalue weighted by Crippen LogP contribution is 2.23. The van der Waals surface area contributed by atoms with Gasteiger partial charge in [-0.25, -0.2) is 4.79 Å². The first-order chi connectivity index (χ1) is 13.4. The van der Waals surface area contributed by atoms with E-state index in [1.54, 1.807) is 24.3 Å². The lowest BCUT2D eigenvalue weighted by molar-refractivity contribution is -0.132. The predicted molar refractivity (Wildman–Crippen MR) is 112 cm³/mol. The van der Waals surface area contributed by atoms with Gasteiger partial charge in [-0.2, -0.15) is 0 Å². The molecule has 1 aliphatic heterocycles. The molecular weight excluding hydrogens is 399 g/mol. The minimum absolute atomic E-state index is 0.0283. The van der Waals surface area contributed by atoms with Gasteiger partial charge in [0.1, 0.15) is 0 Å². The lowest BCUT2D eigenvalue weighted by atomic mass is 10.0. The Morgan fingerprint density at radius 1 is 1.00 bits per heavy atom. The fourth-order valence-electron chi connectivity index (χ4n) is 3.31. The first kappa shape index (κ1) is 20.3. The summed E-state index contributed by atoms with van der Waals surface area (Å²) in [4.78, 5) is 28.2. The average Bonchev–Trinajstić information content (AvgIpc) is 2.68. The quantitative estimate of drug-likeness (QED) is 0.777. The number of anilines is 1. The van der Waals surface area contributed by atoms with Gasteiger partial charge in [-0.15, -0.1) is 0 Å². The van der Waals surface area contributed by atoms with Gasteiger partial charge in [0, 0.05) is 41.9 Å². The fraction of sp³-hybridized carbons (Fsp3) is 0.300. The molecule has 1 aliphatic rings. The molecule has 0 aromatic heterocycles. The number of halogens is 2. The van der Waals surface area contributed by atoms with Crippen molar-refractivity contribution in [1.29, 1.82) is 0 Å². The number of hydrogen-bond donors (Lipinski definition) is 2. The average molecular weight is 421 g/mol. The summed E-state index contributed by atoms with van der Waals surface area (Å²) >= 11 is 12.0. The normalized spacial score (nSPS) is 15.2. The lowest BCUT2D eigenvalue weighted by Crippen LogP contribution is -2.49. The molecule has 0 aliphatic carbocycles. The number of nitrogens with one attached hydrogen (secondary N) is 1. The van der Waals surface area contributed by atoms with Crippen molar-refractivity contribution in [2.24, 2.45) is 5.73 Å². The summed E-state index contributed by atoms with van der Waals surface area (Å²) in [5.74, 6) is -0.0283. The second-order valence-corrected chi connectivity index (χ2v) is 7.54. The second-order valence-electron chi connectivity index (χ2n) is 6.66. The van der Waals surface area contributed by atoms with Crippen molar-refractivity contribution in [3.8, 4) is 0 Å². The van der Waals surface area contributed by atoms with Crippen molar-refractivity contribution in [3.63, 3.8) is 0 Å². The molecule has 1 fully saturated rings. The van der Waals surface area contributed by atoms with Crippen molar-refractivity contribution in [2.45, 2.75) is 12.5 Å². The zero-order valence-electron chi connectivity index (χ0n) is 15.3. The van der Waals surface area contributed by atoms with Crippen LogP contribution >= 0.6 is 23.2 Å². The summed E-state index contributed by atoms with van der Waals surface area (Å²) in [6.45, 7) is 2.66. The highest BCUT2D eigenvalue weighted by Gasteiger charge is 2.25. The van der Waals surface area contributed by atoms with E-state index in [-0.39, 0.29) is 12.3 Å². The molecule has 6 nitrogen and oxygen atoms in total. The molecule has 0 saturated carbocycles. The molecule has 0 spiro atoms. The summed E-state index contributed by atoms with van der Waals surface area (Å²) in [5.41, 5.74) is 7.13. The number of primary amides is 1. The minimum Gasteiger partial charge on any atom is -0.368 e. The van der Waals surface area contributed by atoms with E-state index in [1.807, 2.05) is 29.2 Å². The van der Waals surface area contributed by atoms with Gasteiger partial charge in [-0.05, 0) is 35.9 Å². The number of amides is 3. The van der Waals surface area contributed by atoms with Crippen LogP contribution in [0.1, 0.15) is 18.0 Å². The Bertz CT molecular complexity index is 836. The zero-order chi connectivity index (χ0) is 20.1. The van der Waals surface area contributed by atoms with Crippen molar-refractivity contribution in [1.82, 2.24) is 10.2 Å². The Kier molecular flexibility index (Phi) is 6.65. The highest BCUT2D eigenvalue weighted by molar-refractivity contribution is 6.31. The van der Waals surface area contributed by atoms with Crippen LogP contribution in [0.5, 0.6) is 0 Å². The van der Waals surface area contributed by atoms with E-state index in [1.165, 1.54) is 0 Å². The number of nitrogens with zero attached hydrogens (tertiary/aromatic N) is 2. The van der Waals surface area contributed by atoms with Crippen LogP contribution in [-0.2, 0) is 4.79 Å². The number of carbonyl (C=O) groups excluding carboxylic acids is 2. The lowest BCUT2D eigenvalue weighted by Gasteiger charge is -2.36. The SMILES string of the molecule is NC(=O)N[C@@H](CC(=O)N1CCN(c2cccc(Cl)c2)CC1)c1ccc(Cl)cc1. The molecule has 2 aromatic carbocycles. The standard InChI is InChI=1S/C20H22Cl2N4O2/c21-15-6-4-14(5-7-15)18(24-20(23)28)13-19(27)26-10-8-25(9-11-26)17-3-1-2-16(22)12-17/h1-7,12,18H,8-11,13H2,(H3,23,24,28)/t18-/m0/s1. The summed E-state index contributed by atoms with van der Waals surface area (Å²) < 4.78 is 0. The summed E-state index contributed by atoms with van der Waals surface area (Å²) in [5, 5.41) is 3.93. The largest absolute Gasteiger partial charge is 0.368 e. The maximum Gasteiger partial charge on any atom is 0.312 e. The number of urea groups is 1. The molecule has 2 aromatic rings. The third kappa shape index (κ3) is 5.30. The topological polar surface area (TPSA) is 78.7 Å². The smallest absolute Gasteiger partial charge is 0.312 e. The number of piperazine rings is 1. The number of benzene rings is 2. The summed E-state index contributed by atoms with van der Waals surface area (Å²) in [6, 6.07) is 13.5. The Morgan fingerprint density at radius 2 is 1.68 bits per heavy atom. The van der Waals surface area contributed by atoms with Crippen LogP contribution in [0, 0.1) is 0 Å². The molecule has 148 valence electrons. The molecular formula is C20H22Cl2N4O2.